The van der Waals surface area contributed by atoms with Crippen LogP contribution in [0.2, 0.25) is 0 Å². The molecular weight excluding hydrogens is 420 g/mol. The van der Waals surface area contributed by atoms with Gasteiger partial charge in [0, 0.05) is 64.1 Å². The van der Waals surface area contributed by atoms with Crippen LogP contribution < -0.4 is 4.90 Å². The standard InChI is InChI=1S/C29H40N4O/c1-23(2)24-6-8-25(9-7-24)26-10-12-28(13-11-26)31-16-14-30(15-17-31)22-29(34)33-20-18-32(19-21-33)27-4-3-5-27/h6-13,23,27H,3-5,14-22H2,1-2H3. The monoisotopic (exact) mass is 460 g/mol. The van der Waals surface area contributed by atoms with Crippen LogP contribution in [-0.4, -0.2) is 85.6 Å². The predicted molar refractivity (Wildman–Crippen MR) is 140 cm³/mol. The molecule has 2 aromatic carbocycles. The van der Waals surface area contributed by atoms with Gasteiger partial charge < -0.3 is 9.80 Å². The lowest BCUT2D eigenvalue weighted by Gasteiger charge is -2.43. The Balaban J connectivity index is 1.08. The molecule has 5 nitrogen and oxygen atoms in total. The maximum atomic E-state index is 12.9. The van der Waals surface area contributed by atoms with E-state index < -0.39 is 0 Å². The zero-order chi connectivity index (χ0) is 23.5. The minimum Gasteiger partial charge on any atom is -0.369 e. The van der Waals surface area contributed by atoms with E-state index in [1.165, 1.54) is 41.6 Å². The molecule has 2 aromatic rings. The summed E-state index contributed by atoms with van der Waals surface area (Å²) in [4.78, 5) is 22.3. The van der Waals surface area contributed by atoms with E-state index >= 15 is 0 Å². The van der Waals surface area contributed by atoms with Crippen LogP contribution in [0, 0.1) is 0 Å². The van der Waals surface area contributed by atoms with Crippen LogP contribution in [0.15, 0.2) is 48.5 Å². The Morgan fingerprint density at radius 2 is 1.38 bits per heavy atom. The number of anilines is 1. The molecule has 3 fully saturated rings. The molecule has 0 unspecified atom stereocenters. The van der Waals surface area contributed by atoms with Crippen LogP contribution in [0.5, 0.6) is 0 Å². The van der Waals surface area contributed by atoms with Crippen molar-refractivity contribution in [1.29, 1.82) is 0 Å². The molecule has 182 valence electrons. The Kier molecular flexibility index (Phi) is 7.21. The van der Waals surface area contributed by atoms with Gasteiger partial charge in [-0.15, -0.1) is 0 Å². The average Bonchev–Trinajstić information content (AvgIpc) is 2.84. The fraction of sp³-hybridized carbons (Fsp3) is 0.552. The van der Waals surface area contributed by atoms with Crippen molar-refractivity contribution in [3.63, 3.8) is 0 Å². The van der Waals surface area contributed by atoms with E-state index in [1.54, 1.807) is 0 Å². The number of piperazine rings is 2. The second kappa shape index (κ2) is 10.5. The summed E-state index contributed by atoms with van der Waals surface area (Å²) in [7, 11) is 0. The van der Waals surface area contributed by atoms with Crippen molar-refractivity contribution >= 4 is 11.6 Å². The summed E-state index contributed by atoms with van der Waals surface area (Å²) in [5, 5.41) is 0. The van der Waals surface area contributed by atoms with Crippen molar-refractivity contribution in [3.8, 4) is 11.1 Å². The van der Waals surface area contributed by atoms with Crippen molar-refractivity contribution in [2.45, 2.75) is 45.1 Å². The predicted octanol–water partition coefficient (Wildman–Crippen LogP) is 4.30. The highest BCUT2D eigenvalue weighted by Gasteiger charge is 2.30. The second-order valence-electron chi connectivity index (χ2n) is 10.6. The van der Waals surface area contributed by atoms with Gasteiger partial charge in [-0.25, -0.2) is 0 Å². The Hall–Kier alpha value is -2.37. The van der Waals surface area contributed by atoms with Crippen molar-refractivity contribution < 1.29 is 4.79 Å². The van der Waals surface area contributed by atoms with Crippen LogP contribution in [0.3, 0.4) is 0 Å². The fourth-order valence-corrected chi connectivity index (χ4v) is 5.47. The van der Waals surface area contributed by atoms with E-state index in [4.69, 9.17) is 0 Å². The number of carbonyl (C=O) groups is 1. The summed E-state index contributed by atoms with van der Waals surface area (Å²) in [5.74, 6) is 0.877. The summed E-state index contributed by atoms with van der Waals surface area (Å²) in [5.41, 5.74) is 5.20. The lowest BCUT2D eigenvalue weighted by atomic mass is 9.91. The van der Waals surface area contributed by atoms with Crippen molar-refractivity contribution in [2.75, 3.05) is 63.8 Å². The lowest BCUT2D eigenvalue weighted by molar-refractivity contribution is -0.134. The molecule has 2 heterocycles. The first-order chi connectivity index (χ1) is 16.6. The molecule has 0 spiro atoms. The fourth-order valence-electron chi connectivity index (χ4n) is 5.47. The molecule has 1 saturated carbocycles. The van der Waals surface area contributed by atoms with Gasteiger partial charge in [-0.2, -0.15) is 0 Å². The van der Waals surface area contributed by atoms with E-state index in [9.17, 15) is 4.79 Å². The van der Waals surface area contributed by atoms with Gasteiger partial charge in [0.05, 0.1) is 6.54 Å². The van der Waals surface area contributed by atoms with Crippen LogP contribution >= 0.6 is 0 Å². The Morgan fingerprint density at radius 3 is 1.91 bits per heavy atom. The highest BCUT2D eigenvalue weighted by molar-refractivity contribution is 5.78. The Morgan fingerprint density at radius 1 is 0.794 bits per heavy atom. The maximum absolute atomic E-state index is 12.9. The number of benzene rings is 2. The van der Waals surface area contributed by atoms with Crippen molar-refractivity contribution in [2.24, 2.45) is 0 Å². The van der Waals surface area contributed by atoms with Gasteiger partial charge in [0.15, 0.2) is 0 Å². The smallest absolute Gasteiger partial charge is 0.236 e. The number of hydrogen-bond acceptors (Lipinski definition) is 4. The van der Waals surface area contributed by atoms with Gasteiger partial charge in [0.25, 0.3) is 0 Å². The highest BCUT2D eigenvalue weighted by Crippen LogP contribution is 2.27. The summed E-state index contributed by atoms with van der Waals surface area (Å²) in [6.07, 6.45) is 4.09. The second-order valence-corrected chi connectivity index (χ2v) is 10.6. The zero-order valence-corrected chi connectivity index (χ0v) is 21.0. The van der Waals surface area contributed by atoms with Crippen LogP contribution in [0.4, 0.5) is 5.69 Å². The Bertz CT molecular complexity index is 935. The third-order valence-electron chi connectivity index (χ3n) is 8.13. The third-order valence-corrected chi connectivity index (χ3v) is 8.13. The van der Waals surface area contributed by atoms with Gasteiger partial charge in [0.1, 0.15) is 0 Å². The number of amides is 1. The quantitative estimate of drug-likeness (QED) is 0.643. The van der Waals surface area contributed by atoms with E-state index in [2.05, 4.69) is 82.0 Å². The topological polar surface area (TPSA) is 30.0 Å². The van der Waals surface area contributed by atoms with Gasteiger partial charge in [-0.1, -0.05) is 56.7 Å². The molecule has 34 heavy (non-hydrogen) atoms. The van der Waals surface area contributed by atoms with E-state index in [0.717, 1.165) is 58.4 Å². The molecule has 1 aliphatic carbocycles. The molecule has 0 radical (unpaired) electrons. The van der Waals surface area contributed by atoms with Crippen molar-refractivity contribution in [1.82, 2.24) is 14.7 Å². The van der Waals surface area contributed by atoms with E-state index in [1.807, 2.05) is 0 Å². The van der Waals surface area contributed by atoms with Crippen LogP contribution in [0.1, 0.15) is 44.6 Å². The highest BCUT2D eigenvalue weighted by atomic mass is 16.2. The molecule has 0 bridgehead atoms. The summed E-state index contributed by atoms with van der Waals surface area (Å²) >= 11 is 0. The molecule has 1 amide bonds. The molecule has 2 saturated heterocycles. The summed E-state index contributed by atoms with van der Waals surface area (Å²) in [6.45, 7) is 12.8. The molecule has 3 aliphatic rings. The van der Waals surface area contributed by atoms with Crippen molar-refractivity contribution in [3.05, 3.63) is 54.1 Å². The molecule has 5 heteroatoms. The third kappa shape index (κ3) is 5.31. The SMILES string of the molecule is CC(C)c1ccc(-c2ccc(N3CCN(CC(=O)N4CCN(C5CCC5)CC4)CC3)cc2)cc1. The number of nitrogens with zero attached hydrogens (tertiary/aromatic N) is 4. The lowest BCUT2D eigenvalue weighted by Crippen LogP contribution is -2.56. The summed E-state index contributed by atoms with van der Waals surface area (Å²) < 4.78 is 0. The first kappa shape index (κ1) is 23.4. The molecule has 5 rings (SSSR count). The minimum absolute atomic E-state index is 0.314. The summed E-state index contributed by atoms with van der Waals surface area (Å²) in [6, 6.07) is 18.7. The van der Waals surface area contributed by atoms with Crippen LogP contribution in [-0.2, 0) is 4.79 Å². The first-order valence-corrected chi connectivity index (χ1v) is 13.3. The largest absolute Gasteiger partial charge is 0.369 e. The minimum atomic E-state index is 0.314. The average molecular weight is 461 g/mol. The van der Waals surface area contributed by atoms with Gasteiger partial charge >= 0.3 is 0 Å². The number of carbonyl (C=O) groups excluding carboxylic acids is 1. The van der Waals surface area contributed by atoms with Gasteiger partial charge in [-0.3, -0.25) is 14.6 Å². The van der Waals surface area contributed by atoms with Gasteiger partial charge in [0.2, 0.25) is 5.91 Å². The number of rotatable bonds is 6. The molecule has 0 aromatic heterocycles. The zero-order valence-electron chi connectivity index (χ0n) is 21.0. The van der Waals surface area contributed by atoms with E-state index in [0.29, 0.717) is 18.4 Å². The number of hydrogen-bond donors (Lipinski definition) is 0. The maximum Gasteiger partial charge on any atom is 0.236 e. The molecule has 0 N–H and O–H groups in total. The van der Waals surface area contributed by atoms with Crippen LogP contribution in [0.25, 0.3) is 11.1 Å². The molecular formula is C29H40N4O. The van der Waals surface area contributed by atoms with Gasteiger partial charge in [-0.05, 0) is 47.6 Å². The first-order valence-electron chi connectivity index (χ1n) is 13.3. The molecule has 2 aliphatic heterocycles. The van der Waals surface area contributed by atoms with E-state index in [-0.39, 0.29) is 0 Å². The Labute approximate surface area is 205 Å². The normalized spacial score (nSPS) is 20.6. The molecule has 0 atom stereocenters.